The lowest BCUT2D eigenvalue weighted by atomic mass is 10.2. The lowest BCUT2D eigenvalue weighted by Gasteiger charge is -2.28. The molecule has 5 nitrogen and oxygen atoms in total. The topological polar surface area (TPSA) is 44.8 Å². The number of benzene rings is 1. The standard InChI is InChI=1S/C17H27N3O2/c1-3-22-16-7-5-4-6-15(16)14-19(2)11-8-17(21)20-12-9-18-10-13-20/h4-7,18H,3,8-14H2,1-2H3. The van der Waals surface area contributed by atoms with Crippen LogP contribution in [0.15, 0.2) is 24.3 Å². The molecule has 1 fully saturated rings. The van der Waals surface area contributed by atoms with Crippen LogP contribution in [0.2, 0.25) is 0 Å². The van der Waals surface area contributed by atoms with E-state index in [1.165, 1.54) is 5.56 Å². The molecule has 1 saturated heterocycles. The Labute approximate surface area is 133 Å². The van der Waals surface area contributed by atoms with Crippen LogP contribution in [0, 0.1) is 0 Å². The van der Waals surface area contributed by atoms with E-state index in [0.29, 0.717) is 13.0 Å². The summed E-state index contributed by atoms with van der Waals surface area (Å²) in [5, 5.41) is 3.27. The lowest BCUT2D eigenvalue weighted by molar-refractivity contribution is -0.132. The van der Waals surface area contributed by atoms with E-state index >= 15 is 0 Å². The van der Waals surface area contributed by atoms with Crippen molar-refractivity contribution < 1.29 is 9.53 Å². The second-order valence-corrected chi connectivity index (χ2v) is 5.66. The van der Waals surface area contributed by atoms with Gasteiger partial charge in [0.1, 0.15) is 5.75 Å². The van der Waals surface area contributed by atoms with E-state index in [1.807, 2.05) is 37.1 Å². The average molecular weight is 305 g/mol. The minimum atomic E-state index is 0.256. The maximum Gasteiger partial charge on any atom is 0.223 e. The summed E-state index contributed by atoms with van der Waals surface area (Å²) in [7, 11) is 2.05. The van der Waals surface area contributed by atoms with Crippen LogP contribution < -0.4 is 10.1 Å². The number of piperazine rings is 1. The van der Waals surface area contributed by atoms with E-state index in [0.717, 1.165) is 45.0 Å². The van der Waals surface area contributed by atoms with Gasteiger partial charge in [0, 0.05) is 51.3 Å². The SMILES string of the molecule is CCOc1ccccc1CN(C)CCC(=O)N1CCNCC1. The summed E-state index contributed by atoms with van der Waals surface area (Å²) in [5.41, 5.74) is 1.17. The number of ether oxygens (including phenoxy) is 1. The van der Waals surface area contributed by atoms with E-state index in [4.69, 9.17) is 4.74 Å². The van der Waals surface area contributed by atoms with Gasteiger partial charge in [0.15, 0.2) is 0 Å². The zero-order valence-corrected chi connectivity index (χ0v) is 13.7. The Balaban J connectivity index is 1.80. The van der Waals surface area contributed by atoms with Gasteiger partial charge in [0.2, 0.25) is 5.91 Å². The van der Waals surface area contributed by atoms with Crippen LogP contribution in [-0.2, 0) is 11.3 Å². The van der Waals surface area contributed by atoms with Crippen molar-refractivity contribution >= 4 is 5.91 Å². The molecule has 1 aliphatic heterocycles. The van der Waals surface area contributed by atoms with E-state index in [2.05, 4.69) is 16.3 Å². The summed E-state index contributed by atoms with van der Waals surface area (Å²) in [6.45, 7) is 7.70. The van der Waals surface area contributed by atoms with Crippen molar-refractivity contribution in [3.63, 3.8) is 0 Å². The Morgan fingerprint density at radius 2 is 2.05 bits per heavy atom. The first-order valence-corrected chi connectivity index (χ1v) is 8.08. The molecule has 0 unspecified atom stereocenters. The van der Waals surface area contributed by atoms with Gasteiger partial charge in [-0.1, -0.05) is 18.2 Å². The molecule has 1 aromatic rings. The number of carbonyl (C=O) groups excluding carboxylic acids is 1. The Morgan fingerprint density at radius 3 is 2.77 bits per heavy atom. The fourth-order valence-electron chi connectivity index (χ4n) is 2.66. The number of amides is 1. The molecule has 22 heavy (non-hydrogen) atoms. The Kier molecular flexibility index (Phi) is 6.68. The van der Waals surface area contributed by atoms with Crippen molar-refractivity contribution in [1.82, 2.24) is 15.1 Å². The molecule has 1 N–H and O–H groups in total. The van der Waals surface area contributed by atoms with E-state index < -0.39 is 0 Å². The highest BCUT2D eigenvalue weighted by atomic mass is 16.5. The summed E-state index contributed by atoms with van der Waals surface area (Å²) in [6.07, 6.45) is 0.577. The lowest BCUT2D eigenvalue weighted by Crippen LogP contribution is -2.47. The van der Waals surface area contributed by atoms with Crippen LogP contribution >= 0.6 is 0 Å². The molecular weight excluding hydrogens is 278 g/mol. The van der Waals surface area contributed by atoms with Gasteiger partial charge in [-0.15, -0.1) is 0 Å². The molecule has 0 aliphatic carbocycles. The van der Waals surface area contributed by atoms with E-state index in [9.17, 15) is 4.79 Å². The van der Waals surface area contributed by atoms with Crippen molar-refractivity contribution in [2.75, 3.05) is 46.4 Å². The van der Waals surface area contributed by atoms with Crippen LogP contribution in [0.3, 0.4) is 0 Å². The molecule has 1 amide bonds. The first-order valence-electron chi connectivity index (χ1n) is 8.08. The van der Waals surface area contributed by atoms with Crippen LogP contribution in [0.1, 0.15) is 18.9 Å². The van der Waals surface area contributed by atoms with Crippen molar-refractivity contribution in [3.8, 4) is 5.75 Å². The highest BCUT2D eigenvalue weighted by Gasteiger charge is 2.16. The predicted molar refractivity (Wildman–Crippen MR) is 88.0 cm³/mol. The van der Waals surface area contributed by atoms with Crippen LogP contribution in [0.25, 0.3) is 0 Å². The van der Waals surface area contributed by atoms with Gasteiger partial charge in [-0.05, 0) is 20.0 Å². The summed E-state index contributed by atoms with van der Waals surface area (Å²) in [5.74, 6) is 1.19. The maximum atomic E-state index is 12.2. The number of nitrogens with one attached hydrogen (secondary N) is 1. The third-order valence-electron chi connectivity index (χ3n) is 3.89. The maximum absolute atomic E-state index is 12.2. The molecule has 2 rings (SSSR count). The summed E-state index contributed by atoms with van der Waals surface area (Å²) < 4.78 is 5.65. The monoisotopic (exact) mass is 305 g/mol. The minimum absolute atomic E-state index is 0.256. The Hall–Kier alpha value is -1.59. The molecule has 122 valence electrons. The van der Waals surface area contributed by atoms with Gasteiger partial charge < -0.3 is 19.9 Å². The van der Waals surface area contributed by atoms with Gasteiger partial charge in [0.25, 0.3) is 0 Å². The zero-order valence-electron chi connectivity index (χ0n) is 13.7. The molecule has 0 aromatic heterocycles. The molecule has 5 heteroatoms. The fraction of sp³-hybridized carbons (Fsp3) is 0.588. The van der Waals surface area contributed by atoms with Gasteiger partial charge in [0.05, 0.1) is 6.61 Å². The predicted octanol–water partition coefficient (Wildman–Crippen LogP) is 1.34. The van der Waals surface area contributed by atoms with E-state index in [-0.39, 0.29) is 5.91 Å². The minimum Gasteiger partial charge on any atom is -0.494 e. The zero-order chi connectivity index (χ0) is 15.8. The third kappa shape index (κ3) is 5.00. The Bertz CT molecular complexity index is 473. The molecule has 0 radical (unpaired) electrons. The molecule has 0 bridgehead atoms. The largest absolute Gasteiger partial charge is 0.494 e. The highest BCUT2D eigenvalue weighted by Crippen LogP contribution is 2.19. The number of carbonyl (C=O) groups is 1. The van der Waals surface area contributed by atoms with Gasteiger partial charge in [-0.3, -0.25) is 4.79 Å². The van der Waals surface area contributed by atoms with Gasteiger partial charge in [-0.25, -0.2) is 0 Å². The first kappa shape index (κ1) is 16.8. The molecular formula is C17H27N3O2. The number of para-hydroxylation sites is 1. The second kappa shape index (κ2) is 8.76. The normalized spacial score (nSPS) is 15.1. The van der Waals surface area contributed by atoms with Crippen LogP contribution in [-0.4, -0.2) is 62.1 Å². The molecule has 1 aromatic carbocycles. The molecule has 1 aliphatic rings. The summed E-state index contributed by atoms with van der Waals surface area (Å²) >= 11 is 0. The molecule has 0 atom stereocenters. The average Bonchev–Trinajstić information content (AvgIpc) is 2.55. The van der Waals surface area contributed by atoms with Crippen molar-refractivity contribution in [1.29, 1.82) is 0 Å². The first-order chi connectivity index (χ1) is 10.7. The van der Waals surface area contributed by atoms with Crippen LogP contribution in [0.4, 0.5) is 0 Å². The van der Waals surface area contributed by atoms with Gasteiger partial charge >= 0.3 is 0 Å². The smallest absolute Gasteiger partial charge is 0.223 e. The molecule has 0 spiro atoms. The van der Waals surface area contributed by atoms with Crippen molar-refractivity contribution in [2.24, 2.45) is 0 Å². The number of hydrogen-bond acceptors (Lipinski definition) is 4. The van der Waals surface area contributed by atoms with E-state index in [1.54, 1.807) is 0 Å². The van der Waals surface area contributed by atoms with Crippen molar-refractivity contribution in [3.05, 3.63) is 29.8 Å². The fourth-order valence-corrected chi connectivity index (χ4v) is 2.66. The summed E-state index contributed by atoms with van der Waals surface area (Å²) in [4.78, 5) is 16.3. The number of hydrogen-bond donors (Lipinski definition) is 1. The quantitative estimate of drug-likeness (QED) is 0.826. The number of nitrogens with zero attached hydrogens (tertiary/aromatic N) is 2. The van der Waals surface area contributed by atoms with Crippen LogP contribution in [0.5, 0.6) is 5.75 Å². The third-order valence-corrected chi connectivity index (χ3v) is 3.89. The summed E-state index contributed by atoms with van der Waals surface area (Å²) in [6, 6.07) is 8.10. The molecule has 0 saturated carbocycles. The molecule has 1 heterocycles. The van der Waals surface area contributed by atoms with Crippen molar-refractivity contribution in [2.45, 2.75) is 19.9 Å². The number of rotatable bonds is 7. The highest BCUT2D eigenvalue weighted by molar-refractivity contribution is 5.76. The van der Waals surface area contributed by atoms with Gasteiger partial charge in [-0.2, -0.15) is 0 Å². The second-order valence-electron chi connectivity index (χ2n) is 5.66. The Morgan fingerprint density at radius 1 is 1.32 bits per heavy atom.